The van der Waals surface area contributed by atoms with Crippen LogP contribution in [0.4, 0.5) is 5.69 Å². The fraction of sp³-hybridized carbons (Fsp3) is 0.0833. The van der Waals surface area contributed by atoms with Gasteiger partial charge >= 0.3 is 0 Å². The maximum atomic E-state index is 6.33. The Labute approximate surface area is 205 Å². The first-order valence-corrected chi connectivity index (χ1v) is 11.4. The van der Waals surface area contributed by atoms with E-state index in [4.69, 9.17) is 51.4 Å². The van der Waals surface area contributed by atoms with Gasteiger partial charge in [-0.1, -0.05) is 40.9 Å². The molecule has 0 spiro atoms. The first-order chi connectivity index (χ1) is 15.5. The maximum Gasteiger partial charge on any atom is 0.174 e. The van der Waals surface area contributed by atoms with Crippen LogP contribution in [0.15, 0.2) is 83.4 Å². The number of nitrogens with one attached hydrogen (secondary N) is 1. The van der Waals surface area contributed by atoms with Crippen LogP contribution < -0.4 is 10.2 Å². The highest BCUT2D eigenvalue weighted by atomic mass is 35.5. The fourth-order valence-corrected chi connectivity index (χ4v) is 4.61. The minimum atomic E-state index is -0.255. The van der Waals surface area contributed by atoms with Gasteiger partial charge in [0.1, 0.15) is 17.6 Å². The normalized spacial score (nSPS) is 18.1. The van der Waals surface area contributed by atoms with Crippen molar-refractivity contribution in [3.05, 3.63) is 106 Å². The number of nitrogens with zero attached hydrogens (tertiary/aromatic N) is 2. The largest absolute Gasteiger partial charge is 0.459 e. The van der Waals surface area contributed by atoms with Crippen LogP contribution in [-0.4, -0.2) is 10.1 Å². The molecule has 0 aliphatic carbocycles. The minimum absolute atomic E-state index is 0.202. The highest BCUT2D eigenvalue weighted by molar-refractivity contribution is 7.80. The fourth-order valence-electron chi connectivity index (χ4n) is 3.84. The van der Waals surface area contributed by atoms with Gasteiger partial charge in [0.15, 0.2) is 5.11 Å². The molecule has 1 aliphatic heterocycles. The van der Waals surface area contributed by atoms with Gasteiger partial charge in [-0.3, -0.25) is 4.98 Å². The number of furan rings is 1. The predicted octanol–water partition coefficient (Wildman–Crippen LogP) is 7.48. The van der Waals surface area contributed by atoms with Crippen molar-refractivity contribution in [3.63, 3.8) is 0 Å². The third-order valence-electron chi connectivity index (χ3n) is 5.33. The van der Waals surface area contributed by atoms with Crippen LogP contribution >= 0.6 is 47.0 Å². The van der Waals surface area contributed by atoms with Crippen molar-refractivity contribution in [2.75, 3.05) is 4.90 Å². The average Bonchev–Trinajstić information content (AvgIpc) is 3.41. The summed E-state index contributed by atoms with van der Waals surface area (Å²) in [7, 11) is 0. The second kappa shape index (κ2) is 8.75. The molecule has 4 nitrogen and oxygen atoms in total. The molecule has 4 aromatic rings. The van der Waals surface area contributed by atoms with Crippen molar-refractivity contribution in [1.82, 2.24) is 10.3 Å². The summed E-state index contributed by atoms with van der Waals surface area (Å²) in [6.45, 7) is 0. The van der Waals surface area contributed by atoms with Gasteiger partial charge in [-0.15, -0.1) is 0 Å². The first kappa shape index (κ1) is 21.3. The van der Waals surface area contributed by atoms with Gasteiger partial charge < -0.3 is 14.6 Å². The Bertz CT molecular complexity index is 1280. The van der Waals surface area contributed by atoms with E-state index in [1.807, 2.05) is 65.6 Å². The number of pyridine rings is 1. The molecule has 1 fully saturated rings. The summed E-state index contributed by atoms with van der Waals surface area (Å²) in [5, 5.41) is 5.62. The molecule has 8 heteroatoms. The van der Waals surface area contributed by atoms with Crippen molar-refractivity contribution in [2.24, 2.45) is 0 Å². The molecule has 5 rings (SSSR count). The first-order valence-electron chi connectivity index (χ1n) is 9.82. The molecule has 2 aromatic carbocycles. The van der Waals surface area contributed by atoms with Crippen LogP contribution in [0, 0.1) is 0 Å². The lowest BCUT2D eigenvalue weighted by Crippen LogP contribution is -2.29. The standard InChI is InChI=1S/C24H16Cl3N3OS/c25-15-5-7-16(8-6-15)30-23(22(29-24(30)32)19-3-1-2-12-28-19)21-11-10-20(31-21)14-4-9-17(26)18(27)13-14/h1-13,22-23H,(H,29,32)/t22-,23-/m0/s1. The Kier molecular flexibility index (Phi) is 5.82. The topological polar surface area (TPSA) is 41.3 Å². The minimum Gasteiger partial charge on any atom is -0.459 e. The van der Waals surface area contributed by atoms with Gasteiger partial charge in [-0.2, -0.15) is 0 Å². The Hall–Kier alpha value is -2.57. The third-order valence-corrected chi connectivity index (χ3v) is 6.63. The number of benzene rings is 2. The summed E-state index contributed by atoms with van der Waals surface area (Å²) < 4.78 is 6.33. The van der Waals surface area contributed by atoms with Crippen LogP contribution in [0.5, 0.6) is 0 Å². The Morgan fingerprint density at radius 3 is 2.44 bits per heavy atom. The van der Waals surface area contributed by atoms with Gasteiger partial charge in [-0.25, -0.2) is 0 Å². The summed E-state index contributed by atoms with van der Waals surface area (Å²) in [5.41, 5.74) is 2.61. The highest BCUT2D eigenvalue weighted by Gasteiger charge is 2.42. The number of rotatable bonds is 4. The van der Waals surface area contributed by atoms with Gasteiger partial charge in [0.2, 0.25) is 0 Å². The van der Waals surface area contributed by atoms with Crippen molar-refractivity contribution in [3.8, 4) is 11.3 Å². The molecule has 0 bridgehead atoms. The molecule has 1 aliphatic rings. The average molecular weight is 501 g/mol. The van der Waals surface area contributed by atoms with Crippen molar-refractivity contribution >= 4 is 57.8 Å². The molecule has 32 heavy (non-hydrogen) atoms. The van der Waals surface area contributed by atoms with E-state index in [-0.39, 0.29) is 12.1 Å². The van der Waals surface area contributed by atoms with Gasteiger partial charge in [0.05, 0.1) is 21.8 Å². The van der Waals surface area contributed by atoms with E-state index in [1.54, 1.807) is 18.3 Å². The molecule has 160 valence electrons. The summed E-state index contributed by atoms with van der Waals surface area (Å²) in [6.07, 6.45) is 1.77. The second-order valence-electron chi connectivity index (χ2n) is 7.30. The molecular weight excluding hydrogens is 485 g/mol. The molecule has 1 saturated heterocycles. The molecular formula is C24H16Cl3N3OS. The summed E-state index contributed by atoms with van der Waals surface area (Å²) in [5.74, 6) is 1.43. The maximum absolute atomic E-state index is 6.33. The lowest BCUT2D eigenvalue weighted by Gasteiger charge is -2.26. The van der Waals surface area contributed by atoms with Crippen molar-refractivity contribution in [2.45, 2.75) is 12.1 Å². The van der Waals surface area contributed by atoms with Crippen LogP contribution in [0.1, 0.15) is 23.5 Å². The van der Waals surface area contributed by atoms with Crippen LogP contribution in [-0.2, 0) is 0 Å². The lowest BCUT2D eigenvalue weighted by atomic mass is 10.0. The van der Waals surface area contributed by atoms with E-state index in [2.05, 4.69) is 10.3 Å². The number of thiocarbonyl (C=S) groups is 1. The zero-order chi connectivity index (χ0) is 22.2. The number of halogens is 3. The van der Waals surface area contributed by atoms with Gasteiger partial charge in [0, 0.05) is 22.5 Å². The quantitative estimate of drug-likeness (QED) is 0.294. The van der Waals surface area contributed by atoms with Crippen molar-refractivity contribution in [1.29, 1.82) is 0 Å². The zero-order valence-corrected chi connectivity index (χ0v) is 19.6. The van der Waals surface area contributed by atoms with Crippen LogP contribution in [0.3, 0.4) is 0 Å². The van der Waals surface area contributed by atoms with Crippen LogP contribution in [0.2, 0.25) is 15.1 Å². The van der Waals surface area contributed by atoms with E-state index >= 15 is 0 Å². The Morgan fingerprint density at radius 2 is 1.72 bits per heavy atom. The highest BCUT2D eigenvalue weighted by Crippen LogP contribution is 2.43. The van der Waals surface area contributed by atoms with E-state index in [0.29, 0.717) is 25.9 Å². The molecule has 2 atom stereocenters. The van der Waals surface area contributed by atoms with Crippen molar-refractivity contribution < 1.29 is 4.42 Å². The molecule has 1 N–H and O–H groups in total. The summed E-state index contributed by atoms with van der Waals surface area (Å²) in [4.78, 5) is 6.59. The molecule has 0 unspecified atom stereocenters. The molecule has 0 radical (unpaired) electrons. The smallest absolute Gasteiger partial charge is 0.174 e. The van der Waals surface area contributed by atoms with E-state index in [9.17, 15) is 0 Å². The molecule has 0 saturated carbocycles. The van der Waals surface area contributed by atoms with Gasteiger partial charge in [-0.05, 0) is 78.9 Å². The number of hydrogen-bond acceptors (Lipinski definition) is 3. The lowest BCUT2D eigenvalue weighted by molar-refractivity contribution is 0.439. The zero-order valence-electron chi connectivity index (χ0n) is 16.5. The summed E-state index contributed by atoms with van der Waals surface area (Å²) in [6, 6.07) is 22.2. The van der Waals surface area contributed by atoms with E-state index in [1.165, 1.54) is 0 Å². The van der Waals surface area contributed by atoms with Crippen LogP contribution in [0.25, 0.3) is 11.3 Å². The monoisotopic (exact) mass is 499 g/mol. The SMILES string of the molecule is S=C1N[C@@H](c2ccccn2)[C@H](c2ccc(-c3ccc(Cl)c(Cl)c3)o2)N1c1ccc(Cl)cc1. The number of hydrogen-bond donors (Lipinski definition) is 1. The Morgan fingerprint density at radius 1 is 0.906 bits per heavy atom. The number of anilines is 1. The predicted molar refractivity (Wildman–Crippen MR) is 134 cm³/mol. The molecule has 2 aromatic heterocycles. The Balaban J connectivity index is 1.59. The number of aromatic nitrogens is 1. The molecule has 0 amide bonds. The summed E-state index contributed by atoms with van der Waals surface area (Å²) >= 11 is 24.1. The second-order valence-corrected chi connectivity index (χ2v) is 8.94. The van der Waals surface area contributed by atoms with E-state index < -0.39 is 0 Å². The van der Waals surface area contributed by atoms with E-state index in [0.717, 1.165) is 22.7 Å². The van der Waals surface area contributed by atoms with Gasteiger partial charge in [0.25, 0.3) is 0 Å². The third kappa shape index (κ3) is 3.97. The molecule has 3 heterocycles.